The van der Waals surface area contributed by atoms with E-state index in [-0.39, 0.29) is 29.9 Å². The topological polar surface area (TPSA) is 130 Å². The van der Waals surface area contributed by atoms with Crippen LogP contribution >= 0.6 is 0 Å². The maximum Gasteiger partial charge on any atom is 0.255 e. The third-order valence-corrected chi connectivity index (χ3v) is 12.7. The van der Waals surface area contributed by atoms with E-state index in [1.807, 2.05) is 18.2 Å². The van der Waals surface area contributed by atoms with Gasteiger partial charge in [-0.3, -0.25) is 24.5 Å². The summed E-state index contributed by atoms with van der Waals surface area (Å²) in [6.07, 6.45) is 3.62. The lowest BCUT2D eigenvalue weighted by molar-refractivity contribution is -0.136. The van der Waals surface area contributed by atoms with Crippen LogP contribution in [-0.4, -0.2) is 77.1 Å². The Hall–Kier alpha value is -5.27. The molecule has 0 spiro atoms. The van der Waals surface area contributed by atoms with Gasteiger partial charge in [0.05, 0.1) is 17.2 Å². The number of imide groups is 1. The second kappa shape index (κ2) is 12.4. The molecule has 3 saturated heterocycles. The van der Waals surface area contributed by atoms with E-state index in [4.69, 9.17) is 0 Å². The maximum absolute atomic E-state index is 14.1. The molecule has 3 fully saturated rings. The SMILES string of the molecule is CCc1cc2c(cc1N1CC(CN3CCC(c4ccc5c(c4)CN(C4CCC(=O)NC4=O)C5=O)CC3)C1)C(C)(C)c1[nH]c3cc(C#N)ccc3c1C2=O. The summed E-state index contributed by atoms with van der Waals surface area (Å²) in [5.74, 6) is 0.308. The second-order valence-corrected chi connectivity index (χ2v) is 16.2. The first-order chi connectivity index (χ1) is 25.5. The zero-order valence-electron chi connectivity index (χ0n) is 30.6. The number of likely N-dealkylation sites (tertiary alicyclic amines) is 1. The van der Waals surface area contributed by atoms with Crippen LogP contribution < -0.4 is 10.2 Å². The summed E-state index contributed by atoms with van der Waals surface area (Å²) in [6.45, 7) is 12.1. The summed E-state index contributed by atoms with van der Waals surface area (Å²) in [7, 11) is 0. The number of hydrogen-bond acceptors (Lipinski definition) is 7. The Bertz CT molecular complexity index is 2280. The van der Waals surface area contributed by atoms with E-state index in [0.717, 1.165) is 90.8 Å². The lowest BCUT2D eigenvalue weighted by atomic mass is 9.70. The minimum absolute atomic E-state index is 0.0546. The van der Waals surface area contributed by atoms with Gasteiger partial charge in [0.15, 0.2) is 5.78 Å². The van der Waals surface area contributed by atoms with E-state index in [0.29, 0.717) is 35.9 Å². The van der Waals surface area contributed by atoms with Crippen LogP contribution in [-0.2, 0) is 28.0 Å². The van der Waals surface area contributed by atoms with Gasteiger partial charge in [0.1, 0.15) is 6.04 Å². The van der Waals surface area contributed by atoms with Crippen molar-refractivity contribution in [1.29, 1.82) is 5.26 Å². The van der Waals surface area contributed by atoms with Crippen molar-refractivity contribution in [3.63, 3.8) is 0 Å². The predicted molar refractivity (Wildman–Crippen MR) is 201 cm³/mol. The van der Waals surface area contributed by atoms with Crippen LogP contribution in [0.4, 0.5) is 5.69 Å². The highest BCUT2D eigenvalue weighted by molar-refractivity contribution is 6.20. The Morgan fingerprint density at radius 1 is 0.943 bits per heavy atom. The first-order valence-electron chi connectivity index (χ1n) is 19.1. The number of aryl methyl sites for hydroxylation is 1. The molecule has 5 aliphatic rings. The Kier molecular flexibility index (Phi) is 7.86. The Labute approximate surface area is 309 Å². The van der Waals surface area contributed by atoms with Crippen molar-refractivity contribution < 1.29 is 19.2 Å². The van der Waals surface area contributed by atoms with Gasteiger partial charge in [-0.15, -0.1) is 0 Å². The molecule has 2 N–H and O–H groups in total. The van der Waals surface area contributed by atoms with E-state index < -0.39 is 11.5 Å². The molecule has 5 heterocycles. The molecule has 270 valence electrons. The molecule has 10 nitrogen and oxygen atoms in total. The fraction of sp³-hybridized carbons (Fsp3) is 0.419. The largest absolute Gasteiger partial charge is 0.371 e. The third-order valence-electron chi connectivity index (χ3n) is 12.7. The number of piperidine rings is 2. The fourth-order valence-corrected chi connectivity index (χ4v) is 9.70. The summed E-state index contributed by atoms with van der Waals surface area (Å²) in [5, 5.41) is 12.7. The molecule has 1 unspecified atom stereocenters. The molecule has 0 bridgehead atoms. The fourth-order valence-electron chi connectivity index (χ4n) is 9.70. The quantitative estimate of drug-likeness (QED) is 0.252. The number of aromatic amines is 1. The number of aromatic nitrogens is 1. The van der Waals surface area contributed by atoms with Crippen molar-refractivity contribution in [2.24, 2.45) is 5.92 Å². The van der Waals surface area contributed by atoms with Crippen molar-refractivity contribution in [2.45, 2.75) is 76.8 Å². The zero-order valence-corrected chi connectivity index (χ0v) is 30.6. The van der Waals surface area contributed by atoms with Crippen molar-refractivity contribution in [2.75, 3.05) is 37.6 Å². The first kappa shape index (κ1) is 33.6. The van der Waals surface area contributed by atoms with Crippen molar-refractivity contribution >= 4 is 40.1 Å². The van der Waals surface area contributed by atoms with E-state index in [1.165, 1.54) is 16.8 Å². The van der Waals surface area contributed by atoms with Crippen LogP contribution in [0.2, 0.25) is 0 Å². The lowest BCUT2D eigenvalue weighted by Gasteiger charge is -2.46. The smallest absolute Gasteiger partial charge is 0.255 e. The second-order valence-electron chi connectivity index (χ2n) is 16.2. The number of H-pyrrole nitrogens is 1. The molecule has 1 aliphatic carbocycles. The molecule has 53 heavy (non-hydrogen) atoms. The van der Waals surface area contributed by atoms with Gasteiger partial charge in [0.2, 0.25) is 11.8 Å². The zero-order chi connectivity index (χ0) is 36.8. The molecular formula is C43H44N6O4. The first-order valence-corrected chi connectivity index (χ1v) is 19.1. The Morgan fingerprint density at radius 2 is 1.74 bits per heavy atom. The average Bonchev–Trinajstić information content (AvgIpc) is 3.69. The molecule has 3 aromatic carbocycles. The van der Waals surface area contributed by atoms with Crippen LogP contribution in [0, 0.1) is 17.2 Å². The van der Waals surface area contributed by atoms with Crippen molar-refractivity contribution in [3.05, 3.63) is 98.7 Å². The number of carbonyl (C=O) groups is 4. The molecule has 1 aromatic heterocycles. The standard InChI is InChI=1S/C43H44N6O4/c1-4-26-17-32-33(43(2,3)40-38(39(32)51)31-7-5-24(19-44)15-34(31)45-40)18-36(26)48-21-25(22-48)20-47-13-11-27(12-14-47)28-6-8-30-29(16-28)23-49(42(30)53)35-9-10-37(50)46-41(35)52/h5-8,15-18,25,27,35,45H,4,9-14,20-23H2,1-3H3,(H,46,50,52). The van der Waals surface area contributed by atoms with Crippen LogP contribution in [0.15, 0.2) is 48.5 Å². The average molecular weight is 709 g/mol. The number of fused-ring (bicyclic) bond motifs is 5. The number of rotatable bonds is 6. The Morgan fingerprint density at radius 3 is 2.47 bits per heavy atom. The molecule has 4 aliphatic heterocycles. The number of benzene rings is 3. The predicted octanol–water partition coefficient (Wildman–Crippen LogP) is 5.55. The highest BCUT2D eigenvalue weighted by Gasteiger charge is 2.42. The summed E-state index contributed by atoms with van der Waals surface area (Å²) in [6, 6.07) is 17.8. The van der Waals surface area contributed by atoms with Gasteiger partial charge >= 0.3 is 0 Å². The number of nitrogens with zero attached hydrogens (tertiary/aromatic N) is 4. The van der Waals surface area contributed by atoms with E-state index in [2.05, 4.69) is 71.2 Å². The highest BCUT2D eigenvalue weighted by atomic mass is 16.2. The monoisotopic (exact) mass is 708 g/mol. The van der Waals surface area contributed by atoms with Gasteiger partial charge in [0.25, 0.3) is 5.91 Å². The lowest BCUT2D eigenvalue weighted by Crippen LogP contribution is -2.53. The minimum atomic E-state index is -0.590. The van der Waals surface area contributed by atoms with Crippen LogP contribution in [0.5, 0.6) is 0 Å². The summed E-state index contributed by atoms with van der Waals surface area (Å²) < 4.78 is 0. The number of amides is 3. The molecule has 0 radical (unpaired) electrons. The van der Waals surface area contributed by atoms with Crippen LogP contribution in [0.25, 0.3) is 10.9 Å². The van der Waals surface area contributed by atoms with Crippen molar-refractivity contribution in [1.82, 2.24) is 20.1 Å². The maximum atomic E-state index is 14.1. The van der Waals surface area contributed by atoms with Crippen molar-refractivity contribution in [3.8, 4) is 6.07 Å². The number of nitrogens with one attached hydrogen (secondary N) is 2. The number of hydrogen-bond donors (Lipinski definition) is 2. The summed E-state index contributed by atoms with van der Waals surface area (Å²) >= 11 is 0. The molecule has 4 aromatic rings. The molecular weight excluding hydrogens is 665 g/mol. The van der Waals surface area contributed by atoms with Gasteiger partial charge in [-0.1, -0.05) is 39.0 Å². The molecule has 1 atom stereocenters. The van der Waals surface area contributed by atoms with Crippen LogP contribution in [0.1, 0.15) is 112 Å². The van der Waals surface area contributed by atoms with Gasteiger partial charge in [0, 0.05) is 77.3 Å². The molecule has 10 heteroatoms. The molecule has 9 rings (SSSR count). The molecule has 3 amide bonds. The van der Waals surface area contributed by atoms with E-state index in [9.17, 15) is 24.4 Å². The number of nitriles is 1. The van der Waals surface area contributed by atoms with E-state index >= 15 is 0 Å². The minimum Gasteiger partial charge on any atom is -0.371 e. The van der Waals surface area contributed by atoms with Gasteiger partial charge in [-0.25, -0.2) is 0 Å². The number of anilines is 1. The molecule has 0 saturated carbocycles. The Balaban J connectivity index is 0.839. The van der Waals surface area contributed by atoms with Crippen LogP contribution in [0.3, 0.4) is 0 Å². The summed E-state index contributed by atoms with van der Waals surface area (Å²) in [4.78, 5) is 61.6. The summed E-state index contributed by atoms with van der Waals surface area (Å²) in [5.41, 5.74) is 9.85. The normalized spacial score (nSPS) is 21.7. The third kappa shape index (κ3) is 5.39. The van der Waals surface area contributed by atoms with Gasteiger partial charge in [-0.2, -0.15) is 5.26 Å². The van der Waals surface area contributed by atoms with Gasteiger partial charge in [-0.05, 0) is 97.3 Å². The number of carbonyl (C=O) groups excluding carboxylic acids is 4. The van der Waals surface area contributed by atoms with E-state index in [1.54, 1.807) is 11.0 Å². The highest BCUT2D eigenvalue weighted by Crippen LogP contribution is 2.46. The number of ketones is 1. The van der Waals surface area contributed by atoms with Gasteiger partial charge < -0.3 is 19.7 Å².